The molecule has 5 heteroatoms. The first kappa shape index (κ1) is 14.5. The number of nitrogens with two attached hydrogens (primary N) is 1. The minimum Gasteiger partial charge on any atom is -0.496 e. The van der Waals surface area contributed by atoms with Gasteiger partial charge in [0.25, 0.3) is 0 Å². The molecule has 0 bridgehead atoms. The van der Waals surface area contributed by atoms with Crippen LogP contribution in [0.5, 0.6) is 5.75 Å². The Morgan fingerprint density at radius 3 is 2.74 bits per heavy atom. The molecule has 0 spiro atoms. The molecule has 102 valence electrons. The smallest absolute Gasteiger partial charge is 0.141 e. The van der Waals surface area contributed by atoms with Gasteiger partial charge in [0.15, 0.2) is 0 Å². The highest BCUT2D eigenvalue weighted by Gasteiger charge is 2.18. The second-order valence-electron chi connectivity index (χ2n) is 4.14. The molecule has 0 aliphatic heterocycles. The molecule has 0 aliphatic rings. The van der Waals surface area contributed by atoms with Crippen LogP contribution in [0.25, 0.3) is 0 Å². The fourth-order valence-corrected chi connectivity index (χ4v) is 3.20. The van der Waals surface area contributed by atoms with Gasteiger partial charge >= 0.3 is 0 Å². The summed E-state index contributed by atoms with van der Waals surface area (Å²) in [6.45, 7) is 2.11. The van der Waals surface area contributed by atoms with E-state index in [1.807, 2.05) is 6.07 Å². The number of hydrogen-bond acceptors (Lipinski definition) is 3. The average molecular weight is 344 g/mol. The van der Waals surface area contributed by atoms with Gasteiger partial charge in [0.05, 0.1) is 17.6 Å². The SMILES string of the molecule is CCc1ccc(C(N)c2cc(Br)c(F)cc2OC)s1. The van der Waals surface area contributed by atoms with Crippen LogP contribution in [0, 0.1) is 5.82 Å². The first-order chi connectivity index (χ1) is 9.06. The second kappa shape index (κ2) is 6.03. The normalized spacial score (nSPS) is 12.5. The zero-order valence-electron chi connectivity index (χ0n) is 10.7. The third-order valence-corrected chi connectivity index (χ3v) is 4.87. The minimum atomic E-state index is -0.353. The lowest BCUT2D eigenvalue weighted by molar-refractivity contribution is 0.404. The minimum absolute atomic E-state index is 0.308. The van der Waals surface area contributed by atoms with E-state index in [9.17, 15) is 4.39 Å². The lowest BCUT2D eigenvalue weighted by Gasteiger charge is -2.15. The van der Waals surface area contributed by atoms with Crippen molar-refractivity contribution in [3.63, 3.8) is 0 Å². The van der Waals surface area contributed by atoms with E-state index in [4.69, 9.17) is 10.5 Å². The summed E-state index contributed by atoms with van der Waals surface area (Å²) in [6.07, 6.45) is 0.988. The number of benzene rings is 1. The molecule has 1 heterocycles. The molecule has 0 aliphatic carbocycles. The third kappa shape index (κ3) is 2.99. The summed E-state index contributed by atoms with van der Waals surface area (Å²) in [5.74, 6) is 0.118. The van der Waals surface area contributed by atoms with Gasteiger partial charge in [-0.1, -0.05) is 6.92 Å². The average Bonchev–Trinajstić information content (AvgIpc) is 2.89. The van der Waals surface area contributed by atoms with Crippen LogP contribution in [0.15, 0.2) is 28.7 Å². The van der Waals surface area contributed by atoms with Crippen molar-refractivity contribution >= 4 is 27.3 Å². The Hall–Kier alpha value is -0.910. The van der Waals surface area contributed by atoms with Crippen molar-refractivity contribution in [1.29, 1.82) is 0 Å². The topological polar surface area (TPSA) is 35.2 Å². The van der Waals surface area contributed by atoms with E-state index in [-0.39, 0.29) is 11.9 Å². The Balaban J connectivity index is 2.42. The van der Waals surface area contributed by atoms with Crippen molar-refractivity contribution in [2.24, 2.45) is 5.73 Å². The number of ether oxygens (including phenoxy) is 1. The number of aryl methyl sites for hydroxylation is 1. The maximum Gasteiger partial charge on any atom is 0.141 e. The standard InChI is InChI=1S/C14H15BrFNOS/c1-3-8-4-5-13(19-8)14(17)9-6-10(15)11(16)7-12(9)18-2/h4-7,14H,3,17H2,1-2H3. The Morgan fingerprint density at radius 1 is 1.42 bits per heavy atom. The van der Waals surface area contributed by atoms with Crippen molar-refractivity contribution in [1.82, 2.24) is 0 Å². The summed E-state index contributed by atoms with van der Waals surface area (Å²) >= 11 is 4.86. The van der Waals surface area contributed by atoms with Crippen LogP contribution in [-0.2, 0) is 6.42 Å². The maximum atomic E-state index is 13.5. The van der Waals surface area contributed by atoms with Gasteiger partial charge in [-0.3, -0.25) is 0 Å². The second-order valence-corrected chi connectivity index (χ2v) is 6.20. The van der Waals surface area contributed by atoms with Crippen molar-refractivity contribution in [3.8, 4) is 5.75 Å². The number of methoxy groups -OCH3 is 1. The summed E-state index contributed by atoms with van der Waals surface area (Å²) in [5.41, 5.74) is 7.04. The van der Waals surface area contributed by atoms with Crippen LogP contribution in [-0.4, -0.2) is 7.11 Å². The van der Waals surface area contributed by atoms with Gasteiger partial charge in [0.2, 0.25) is 0 Å². The maximum absolute atomic E-state index is 13.5. The van der Waals surface area contributed by atoms with E-state index in [1.54, 1.807) is 17.4 Å². The highest BCUT2D eigenvalue weighted by atomic mass is 79.9. The fourth-order valence-electron chi connectivity index (χ4n) is 1.87. The summed E-state index contributed by atoms with van der Waals surface area (Å²) in [5, 5.41) is 0. The molecule has 0 fully saturated rings. The van der Waals surface area contributed by atoms with E-state index < -0.39 is 0 Å². The number of hydrogen-bond donors (Lipinski definition) is 1. The largest absolute Gasteiger partial charge is 0.496 e. The van der Waals surface area contributed by atoms with Gasteiger partial charge < -0.3 is 10.5 Å². The molecule has 1 aromatic carbocycles. The van der Waals surface area contributed by atoms with Crippen molar-refractivity contribution in [3.05, 3.63) is 49.9 Å². The molecule has 1 unspecified atom stereocenters. The molecule has 0 radical (unpaired) electrons. The van der Waals surface area contributed by atoms with Gasteiger partial charge in [-0.05, 0) is 40.5 Å². The van der Waals surface area contributed by atoms with Gasteiger partial charge in [-0.2, -0.15) is 0 Å². The predicted molar refractivity (Wildman–Crippen MR) is 80.4 cm³/mol. The number of thiophene rings is 1. The molecule has 2 aromatic rings. The third-order valence-electron chi connectivity index (χ3n) is 2.95. The Morgan fingerprint density at radius 2 is 2.16 bits per heavy atom. The Bertz CT molecular complexity index is 585. The van der Waals surface area contributed by atoms with E-state index >= 15 is 0 Å². The molecule has 2 nitrogen and oxygen atoms in total. The van der Waals surface area contributed by atoms with Gasteiger partial charge in [0, 0.05) is 21.4 Å². The van der Waals surface area contributed by atoms with Crippen LogP contribution >= 0.6 is 27.3 Å². The molecule has 0 saturated heterocycles. The molecular weight excluding hydrogens is 329 g/mol. The van der Waals surface area contributed by atoms with E-state index in [2.05, 4.69) is 28.9 Å². The van der Waals surface area contributed by atoms with Crippen LogP contribution in [0.4, 0.5) is 4.39 Å². The van der Waals surface area contributed by atoms with E-state index in [1.165, 1.54) is 18.1 Å². The summed E-state index contributed by atoms with van der Waals surface area (Å²) in [6, 6.07) is 6.82. The van der Waals surface area contributed by atoms with Crippen LogP contribution in [0.1, 0.15) is 28.3 Å². The molecule has 2 N–H and O–H groups in total. The molecule has 1 aromatic heterocycles. The number of halogens is 2. The molecule has 19 heavy (non-hydrogen) atoms. The highest BCUT2D eigenvalue weighted by Crippen LogP contribution is 2.35. The summed E-state index contributed by atoms with van der Waals surface area (Å²) in [4.78, 5) is 2.33. The molecule has 2 rings (SSSR count). The lowest BCUT2D eigenvalue weighted by Crippen LogP contribution is -2.12. The van der Waals surface area contributed by atoms with E-state index in [0.29, 0.717) is 10.2 Å². The molecule has 0 saturated carbocycles. The highest BCUT2D eigenvalue weighted by molar-refractivity contribution is 9.10. The quantitative estimate of drug-likeness (QED) is 0.899. The first-order valence-electron chi connectivity index (χ1n) is 5.94. The van der Waals surface area contributed by atoms with Crippen molar-refractivity contribution < 1.29 is 9.13 Å². The molecular formula is C14H15BrFNOS. The molecule has 0 amide bonds. The van der Waals surface area contributed by atoms with Crippen LogP contribution in [0.3, 0.4) is 0 Å². The molecule has 1 atom stereocenters. The lowest BCUT2D eigenvalue weighted by atomic mass is 10.0. The Labute approximate surface area is 124 Å². The van der Waals surface area contributed by atoms with Crippen LogP contribution in [0.2, 0.25) is 0 Å². The van der Waals surface area contributed by atoms with Gasteiger partial charge in [-0.15, -0.1) is 11.3 Å². The van der Waals surface area contributed by atoms with E-state index in [0.717, 1.165) is 16.9 Å². The zero-order chi connectivity index (χ0) is 14.0. The Kier molecular flexibility index (Phi) is 4.60. The monoisotopic (exact) mass is 343 g/mol. The van der Waals surface area contributed by atoms with Crippen molar-refractivity contribution in [2.45, 2.75) is 19.4 Å². The summed E-state index contributed by atoms with van der Waals surface area (Å²) < 4.78 is 19.1. The first-order valence-corrected chi connectivity index (χ1v) is 7.54. The van der Waals surface area contributed by atoms with Gasteiger partial charge in [-0.25, -0.2) is 4.39 Å². The summed E-state index contributed by atoms with van der Waals surface area (Å²) in [7, 11) is 1.52. The van der Waals surface area contributed by atoms with Crippen LogP contribution < -0.4 is 10.5 Å². The number of rotatable bonds is 4. The fraction of sp³-hybridized carbons (Fsp3) is 0.286. The van der Waals surface area contributed by atoms with Crippen molar-refractivity contribution in [2.75, 3.05) is 7.11 Å². The zero-order valence-corrected chi connectivity index (χ0v) is 13.1. The predicted octanol–water partition coefficient (Wildman–Crippen LogP) is 4.27. The van der Waals surface area contributed by atoms with Gasteiger partial charge in [0.1, 0.15) is 11.6 Å².